The summed E-state index contributed by atoms with van der Waals surface area (Å²) in [7, 11) is 0. The van der Waals surface area contributed by atoms with Crippen molar-refractivity contribution >= 4 is 5.91 Å². The highest BCUT2D eigenvalue weighted by Crippen LogP contribution is 2.25. The minimum atomic E-state index is -0.188. The van der Waals surface area contributed by atoms with E-state index in [1.165, 1.54) is 11.1 Å². The maximum Gasteiger partial charge on any atom is 0.237 e. The summed E-state index contributed by atoms with van der Waals surface area (Å²) in [6.45, 7) is 7.28. The summed E-state index contributed by atoms with van der Waals surface area (Å²) in [5.41, 5.74) is 2.45. The average Bonchev–Trinajstić information content (AvgIpc) is 2.82. The first-order chi connectivity index (χ1) is 9.06. The smallest absolute Gasteiger partial charge is 0.237 e. The van der Waals surface area contributed by atoms with Crippen molar-refractivity contribution in [2.45, 2.75) is 45.8 Å². The SMILES string of the molecule is CC(C)NC(=O)C(C)NCc1ccc2c(c1)CCO2. The first-order valence-corrected chi connectivity index (χ1v) is 6.84. The molecule has 0 aliphatic carbocycles. The third-order valence-corrected chi connectivity index (χ3v) is 3.19. The normalized spacial score (nSPS) is 14.9. The molecule has 0 spiro atoms. The highest BCUT2D eigenvalue weighted by molar-refractivity contribution is 5.81. The topological polar surface area (TPSA) is 50.4 Å². The van der Waals surface area contributed by atoms with Crippen LogP contribution in [0.4, 0.5) is 0 Å². The predicted octanol–water partition coefficient (Wildman–Crippen LogP) is 1.62. The van der Waals surface area contributed by atoms with Gasteiger partial charge in [0.15, 0.2) is 0 Å². The molecular formula is C15H22N2O2. The van der Waals surface area contributed by atoms with Crippen molar-refractivity contribution in [1.29, 1.82) is 0 Å². The molecule has 4 nitrogen and oxygen atoms in total. The largest absolute Gasteiger partial charge is 0.493 e. The summed E-state index contributed by atoms with van der Waals surface area (Å²) >= 11 is 0. The quantitative estimate of drug-likeness (QED) is 0.848. The van der Waals surface area contributed by atoms with Crippen molar-refractivity contribution in [2.24, 2.45) is 0 Å². The van der Waals surface area contributed by atoms with Gasteiger partial charge in [0.05, 0.1) is 12.6 Å². The van der Waals surface area contributed by atoms with Crippen LogP contribution in [0.15, 0.2) is 18.2 Å². The van der Waals surface area contributed by atoms with Gasteiger partial charge in [-0.25, -0.2) is 0 Å². The first kappa shape index (κ1) is 13.9. The van der Waals surface area contributed by atoms with Crippen LogP contribution in [0.1, 0.15) is 31.9 Å². The predicted molar refractivity (Wildman–Crippen MR) is 75.2 cm³/mol. The van der Waals surface area contributed by atoms with Crippen molar-refractivity contribution < 1.29 is 9.53 Å². The molecule has 4 heteroatoms. The summed E-state index contributed by atoms with van der Waals surface area (Å²) in [5, 5.41) is 6.14. The van der Waals surface area contributed by atoms with Gasteiger partial charge in [0.2, 0.25) is 5.91 Å². The number of fused-ring (bicyclic) bond motifs is 1. The standard InChI is InChI=1S/C15H22N2O2/c1-10(2)17-15(18)11(3)16-9-12-4-5-14-13(8-12)6-7-19-14/h4-5,8,10-11,16H,6-7,9H2,1-3H3,(H,17,18). The molecule has 1 aromatic rings. The summed E-state index contributed by atoms with van der Waals surface area (Å²) in [6.07, 6.45) is 0.979. The van der Waals surface area contributed by atoms with Gasteiger partial charge in [-0.05, 0) is 38.0 Å². The number of rotatable bonds is 5. The molecule has 104 valence electrons. The van der Waals surface area contributed by atoms with Gasteiger partial charge in [-0.1, -0.05) is 12.1 Å². The molecule has 0 bridgehead atoms. The molecule has 19 heavy (non-hydrogen) atoms. The molecule has 0 radical (unpaired) electrons. The maximum absolute atomic E-state index is 11.8. The molecule has 1 heterocycles. The van der Waals surface area contributed by atoms with E-state index in [1.54, 1.807) is 0 Å². The van der Waals surface area contributed by atoms with Crippen molar-refractivity contribution in [1.82, 2.24) is 10.6 Å². The van der Waals surface area contributed by atoms with E-state index < -0.39 is 0 Å². The van der Waals surface area contributed by atoms with Crippen LogP contribution in [0.5, 0.6) is 5.75 Å². The molecular weight excluding hydrogens is 240 g/mol. The van der Waals surface area contributed by atoms with Crippen LogP contribution in [0.25, 0.3) is 0 Å². The molecule has 2 N–H and O–H groups in total. The van der Waals surface area contributed by atoms with Crippen LogP contribution in [-0.4, -0.2) is 24.6 Å². The zero-order valence-electron chi connectivity index (χ0n) is 11.8. The fourth-order valence-electron chi connectivity index (χ4n) is 2.12. The number of carbonyl (C=O) groups is 1. The van der Waals surface area contributed by atoms with E-state index in [4.69, 9.17) is 4.74 Å². The molecule has 1 aromatic carbocycles. The van der Waals surface area contributed by atoms with E-state index in [2.05, 4.69) is 16.7 Å². The highest BCUT2D eigenvalue weighted by Gasteiger charge is 2.14. The summed E-state index contributed by atoms with van der Waals surface area (Å²) < 4.78 is 5.48. The molecule has 0 aromatic heterocycles. The Morgan fingerprint density at radius 3 is 2.89 bits per heavy atom. The third-order valence-electron chi connectivity index (χ3n) is 3.19. The molecule has 0 saturated carbocycles. The summed E-state index contributed by atoms with van der Waals surface area (Å²) in [6, 6.07) is 6.20. The Balaban J connectivity index is 1.86. The van der Waals surface area contributed by atoms with E-state index in [0.29, 0.717) is 6.54 Å². The second kappa shape index (κ2) is 6.06. The van der Waals surface area contributed by atoms with E-state index in [0.717, 1.165) is 18.8 Å². The van der Waals surface area contributed by atoms with Crippen LogP contribution in [0.2, 0.25) is 0 Å². The molecule has 0 fully saturated rings. The lowest BCUT2D eigenvalue weighted by Gasteiger charge is -2.16. The Morgan fingerprint density at radius 1 is 1.37 bits per heavy atom. The molecule has 1 amide bonds. The van der Waals surface area contributed by atoms with Gasteiger partial charge in [-0.2, -0.15) is 0 Å². The first-order valence-electron chi connectivity index (χ1n) is 6.84. The van der Waals surface area contributed by atoms with E-state index in [9.17, 15) is 4.79 Å². The van der Waals surface area contributed by atoms with Gasteiger partial charge in [-0.3, -0.25) is 4.79 Å². The molecule has 1 atom stereocenters. The van der Waals surface area contributed by atoms with Crippen LogP contribution in [-0.2, 0) is 17.8 Å². The number of hydrogen-bond acceptors (Lipinski definition) is 3. The number of nitrogens with one attached hydrogen (secondary N) is 2. The second-order valence-corrected chi connectivity index (χ2v) is 5.31. The van der Waals surface area contributed by atoms with E-state index >= 15 is 0 Å². The Morgan fingerprint density at radius 2 is 2.16 bits per heavy atom. The number of benzene rings is 1. The third kappa shape index (κ3) is 3.70. The number of ether oxygens (including phenoxy) is 1. The maximum atomic E-state index is 11.8. The van der Waals surface area contributed by atoms with Crippen LogP contribution < -0.4 is 15.4 Å². The monoisotopic (exact) mass is 262 g/mol. The summed E-state index contributed by atoms with van der Waals surface area (Å²) in [5.74, 6) is 1.04. The van der Waals surface area contributed by atoms with Crippen LogP contribution in [0, 0.1) is 0 Å². The lowest BCUT2D eigenvalue weighted by atomic mass is 10.1. The lowest BCUT2D eigenvalue weighted by Crippen LogP contribution is -2.44. The van der Waals surface area contributed by atoms with Crippen molar-refractivity contribution in [3.63, 3.8) is 0 Å². The Kier molecular flexibility index (Phi) is 4.43. The zero-order valence-corrected chi connectivity index (χ0v) is 11.8. The van der Waals surface area contributed by atoms with E-state index in [1.807, 2.05) is 32.9 Å². The molecule has 1 aliphatic rings. The van der Waals surface area contributed by atoms with Gasteiger partial charge >= 0.3 is 0 Å². The molecule has 2 rings (SSSR count). The van der Waals surface area contributed by atoms with Gasteiger partial charge in [-0.15, -0.1) is 0 Å². The van der Waals surface area contributed by atoms with Crippen molar-refractivity contribution in [3.05, 3.63) is 29.3 Å². The van der Waals surface area contributed by atoms with Gasteiger partial charge < -0.3 is 15.4 Å². The minimum absolute atomic E-state index is 0.0412. The second-order valence-electron chi connectivity index (χ2n) is 5.31. The van der Waals surface area contributed by atoms with Crippen molar-refractivity contribution in [3.8, 4) is 5.75 Å². The Bertz CT molecular complexity index is 457. The van der Waals surface area contributed by atoms with Gasteiger partial charge in [0.25, 0.3) is 0 Å². The van der Waals surface area contributed by atoms with Crippen molar-refractivity contribution in [2.75, 3.05) is 6.61 Å². The molecule has 0 saturated heterocycles. The Labute approximate surface area is 114 Å². The number of carbonyl (C=O) groups excluding carboxylic acids is 1. The fraction of sp³-hybridized carbons (Fsp3) is 0.533. The van der Waals surface area contributed by atoms with Gasteiger partial charge in [0.1, 0.15) is 5.75 Å². The number of hydrogen-bond donors (Lipinski definition) is 2. The molecule has 1 unspecified atom stereocenters. The average molecular weight is 262 g/mol. The minimum Gasteiger partial charge on any atom is -0.493 e. The van der Waals surface area contributed by atoms with E-state index in [-0.39, 0.29) is 18.0 Å². The lowest BCUT2D eigenvalue weighted by molar-refractivity contribution is -0.123. The molecule has 1 aliphatic heterocycles. The Hall–Kier alpha value is -1.55. The van der Waals surface area contributed by atoms with Gasteiger partial charge in [0, 0.05) is 19.0 Å². The number of amides is 1. The fourth-order valence-corrected chi connectivity index (χ4v) is 2.12. The summed E-state index contributed by atoms with van der Waals surface area (Å²) in [4.78, 5) is 11.8. The highest BCUT2D eigenvalue weighted by atomic mass is 16.5. The zero-order chi connectivity index (χ0) is 13.8. The van der Waals surface area contributed by atoms with Crippen LogP contribution >= 0.6 is 0 Å². The van der Waals surface area contributed by atoms with Crippen LogP contribution in [0.3, 0.4) is 0 Å².